The summed E-state index contributed by atoms with van der Waals surface area (Å²) >= 11 is 0.757. The third-order valence-corrected chi connectivity index (χ3v) is 3.40. The van der Waals surface area contributed by atoms with Crippen LogP contribution in [0.4, 0.5) is 0 Å². The van der Waals surface area contributed by atoms with E-state index in [0.29, 0.717) is 0 Å². The van der Waals surface area contributed by atoms with Gasteiger partial charge in [0.15, 0.2) is 0 Å². The van der Waals surface area contributed by atoms with Crippen LogP contribution in [-0.2, 0) is 34.1 Å². The molecule has 0 bridgehead atoms. The minimum absolute atomic E-state index is 0. The summed E-state index contributed by atoms with van der Waals surface area (Å²) in [6.45, 7) is 8.01. The van der Waals surface area contributed by atoms with Crippen molar-refractivity contribution in [2.45, 2.75) is 38.9 Å². The average Bonchev–Trinajstić information content (AvgIpc) is 2.56. The first-order chi connectivity index (χ1) is 10.8. The van der Waals surface area contributed by atoms with Crippen LogP contribution in [0.25, 0.3) is 0 Å². The maximum atomic E-state index is 5.73. The van der Waals surface area contributed by atoms with Gasteiger partial charge in [0, 0.05) is 0 Å². The molecule has 0 aromatic heterocycles. The number of hydrogen-bond acceptors (Lipinski definition) is 2. The quantitative estimate of drug-likeness (QED) is 0.389. The SMILES string of the molecule is CC(C)(OOC(C)(C)c1ccccc1)c1ccccc1.O.O.[Cl][Cu][Cl]. The summed E-state index contributed by atoms with van der Waals surface area (Å²) in [5.74, 6) is 0. The van der Waals surface area contributed by atoms with Crippen LogP contribution in [0.2, 0.25) is 0 Å². The molecule has 4 nitrogen and oxygen atoms in total. The van der Waals surface area contributed by atoms with Gasteiger partial charge < -0.3 is 11.0 Å². The van der Waals surface area contributed by atoms with Crippen LogP contribution >= 0.6 is 20.2 Å². The van der Waals surface area contributed by atoms with Crippen molar-refractivity contribution in [2.24, 2.45) is 0 Å². The Morgan fingerprint density at radius 2 is 0.880 bits per heavy atom. The van der Waals surface area contributed by atoms with E-state index < -0.39 is 11.2 Å². The Kier molecular flexibility index (Phi) is 13.5. The molecule has 0 unspecified atom stereocenters. The summed E-state index contributed by atoms with van der Waals surface area (Å²) in [6, 6.07) is 20.2. The molecule has 0 saturated heterocycles. The molecule has 2 aromatic carbocycles. The average molecular weight is 441 g/mol. The third kappa shape index (κ3) is 9.04. The summed E-state index contributed by atoms with van der Waals surface area (Å²) in [4.78, 5) is 11.5. The van der Waals surface area contributed by atoms with Gasteiger partial charge in [-0.3, -0.25) is 0 Å². The van der Waals surface area contributed by atoms with Crippen molar-refractivity contribution < 1.29 is 33.9 Å². The molecule has 0 atom stereocenters. The Labute approximate surface area is 164 Å². The zero-order chi connectivity index (χ0) is 17.3. The number of halogens is 2. The Morgan fingerprint density at radius 1 is 0.640 bits per heavy atom. The number of benzene rings is 2. The zero-order valence-electron chi connectivity index (χ0n) is 14.6. The molecule has 0 fully saturated rings. The fourth-order valence-corrected chi connectivity index (χ4v) is 1.98. The molecule has 0 heterocycles. The predicted octanol–water partition coefficient (Wildman–Crippen LogP) is 4.53. The van der Waals surface area contributed by atoms with Gasteiger partial charge in [-0.05, 0) is 38.8 Å². The molecule has 7 heteroatoms. The molecular formula is C18H26Cl2CuO4. The third-order valence-electron chi connectivity index (χ3n) is 3.40. The summed E-state index contributed by atoms with van der Waals surface area (Å²) in [6.07, 6.45) is 0. The van der Waals surface area contributed by atoms with Crippen LogP contribution in [0.3, 0.4) is 0 Å². The van der Waals surface area contributed by atoms with E-state index in [2.05, 4.69) is 20.2 Å². The Hall–Kier alpha value is -0.621. The van der Waals surface area contributed by atoms with E-state index in [-0.39, 0.29) is 11.0 Å². The molecule has 0 spiro atoms. The van der Waals surface area contributed by atoms with Gasteiger partial charge in [-0.15, -0.1) is 0 Å². The Bertz CT molecular complexity index is 514. The fraction of sp³-hybridized carbons (Fsp3) is 0.333. The monoisotopic (exact) mass is 439 g/mol. The van der Waals surface area contributed by atoms with Crippen molar-refractivity contribution in [3.8, 4) is 0 Å². The first-order valence-corrected chi connectivity index (χ1v) is 9.72. The summed E-state index contributed by atoms with van der Waals surface area (Å²) in [5.41, 5.74) is 1.19. The molecule has 2 aromatic rings. The van der Waals surface area contributed by atoms with Crippen LogP contribution in [0.5, 0.6) is 0 Å². The van der Waals surface area contributed by atoms with Crippen LogP contribution in [0.15, 0.2) is 60.7 Å². The first kappa shape index (κ1) is 26.6. The van der Waals surface area contributed by atoms with Gasteiger partial charge in [-0.2, -0.15) is 0 Å². The second-order valence-electron chi connectivity index (χ2n) is 5.96. The standard InChI is InChI=1S/C18H22O2.2ClH.Cu.2H2O/c1-17(2,15-11-7-5-8-12-15)19-20-18(3,4)16-13-9-6-10-14-16;;;;;/h5-14H,1-4H3;2*1H;;2*1H2/q;;;+2;;/p-2. The molecule has 4 N–H and O–H groups in total. The Morgan fingerprint density at radius 3 is 1.12 bits per heavy atom. The molecule has 0 aliphatic rings. The molecule has 147 valence electrons. The van der Waals surface area contributed by atoms with Gasteiger partial charge in [-0.25, -0.2) is 9.78 Å². The van der Waals surface area contributed by atoms with E-state index in [1.807, 2.05) is 88.4 Å². The van der Waals surface area contributed by atoms with Gasteiger partial charge in [0.25, 0.3) is 0 Å². The van der Waals surface area contributed by atoms with Crippen LogP contribution in [-0.4, -0.2) is 11.0 Å². The van der Waals surface area contributed by atoms with E-state index in [0.717, 1.165) is 24.3 Å². The van der Waals surface area contributed by atoms with Crippen molar-refractivity contribution in [1.82, 2.24) is 0 Å². The normalized spacial score (nSPS) is 10.8. The van der Waals surface area contributed by atoms with Gasteiger partial charge in [-0.1, -0.05) is 60.7 Å². The zero-order valence-corrected chi connectivity index (χ0v) is 17.1. The molecular weight excluding hydrogens is 415 g/mol. The van der Waals surface area contributed by atoms with Crippen molar-refractivity contribution in [3.05, 3.63) is 71.8 Å². The van der Waals surface area contributed by atoms with E-state index in [4.69, 9.17) is 9.78 Å². The predicted molar refractivity (Wildman–Crippen MR) is 100 cm³/mol. The topological polar surface area (TPSA) is 81.5 Å². The molecule has 0 aliphatic carbocycles. The molecule has 2 rings (SSSR count). The molecule has 25 heavy (non-hydrogen) atoms. The summed E-state index contributed by atoms with van der Waals surface area (Å²) < 4.78 is 0. The van der Waals surface area contributed by atoms with Crippen molar-refractivity contribution in [3.63, 3.8) is 0 Å². The van der Waals surface area contributed by atoms with Crippen LogP contribution in [0, 0.1) is 0 Å². The molecule has 0 radical (unpaired) electrons. The van der Waals surface area contributed by atoms with E-state index in [9.17, 15) is 0 Å². The van der Waals surface area contributed by atoms with E-state index in [1.165, 1.54) is 0 Å². The van der Waals surface area contributed by atoms with Crippen molar-refractivity contribution in [2.75, 3.05) is 0 Å². The second kappa shape index (κ2) is 12.7. The minimum atomic E-state index is -0.493. The molecule has 0 aliphatic heterocycles. The second-order valence-corrected chi connectivity index (χ2v) is 7.52. The van der Waals surface area contributed by atoms with E-state index >= 15 is 0 Å². The fourth-order valence-electron chi connectivity index (χ4n) is 1.98. The van der Waals surface area contributed by atoms with E-state index in [1.54, 1.807) is 0 Å². The molecule has 0 saturated carbocycles. The van der Waals surface area contributed by atoms with Gasteiger partial charge in [0.05, 0.1) is 0 Å². The summed E-state index contributed by atoms with van der Waals surface area (Å²) in [7, 11) is 9.34. The molecule has 0 amide bonds. The number of rotatable bonds is 5. The first-order valence-electron chi connectivity index (χ1n) is 7.12. The van der Waals surface area contributed by atoms with Gasteiger partial charge >= 0.3 is 33.3 Å². The van der Waals surface area contributed by atoms with Gasteiger partial charge in [0.2, 0.25) is 0 Å². The number of hydrogen-bond donors (Lipinski definition) is 0. The van der Waals surface area contributed by atoms with Crippen LogP contribution in [0.1, 0.15) is 38.8 Å². The summed E-state index contributed by atoms with van der Waals surface area (Å²) in [5, 5.41) is 0. The Balaban J connectivity index is 0. The van der Waals surface area contributed by atoms with Crippen molar-refractivity contribution in [1.29, 1.82) is 0 Å². The maximum absolute atomic E-state index is 5.73. The van der Waals surface area contributed by atoms with Crippen molar-refractivity contribution >= 4 is 20.2 Å². The van der Waals surface area contributed by atoms with Crippen LogP contribution < -0.4 is 0 Å². The van der Waals surface area contributed by atoms with Gasteiger partial charge in [0.1, 0.15) is 11.2 Å².